The van der Waals surface area contributed by atoms with Gasteiger partial charge in [0.25, 0.3) is 0 Å². The van der Waals surface area contributed by atoms with Gasteiger partial charge in [-0.15, -0.1) is 11.8 Å². The Morgan fingerprint density at radius 1 is 1.33 bits per heavy atom. The van der Waals surface area contributed by atoms with E-state index in [2.05, 4.69) is 6.92 Å². The van der Waals surface area contributed by atoms with Crippen LogP contribution in [0.5, 0.6) is 0 Å². The van der Waals surface area contributed by atoms with Crippen molar-refractivity contribution in [3.8, 4) is 0 Å². The van der Waals surface area contributed by atoms with Crippen LogP contribution < -0.4 is 5.73 Å². The monoisotopic (exact) mass is 245 g/mol. The van der Waals surface area contributed by atoms with Crippen LogP contribution in [0.25, 0.3) is 0 Å². The highest BCUT2D eigenvalue weighted by molar-refractivity contribution is 8.00. The normalized spacial score (nSPS) is 10.5. The number of nitrogen functional groups attached to an aromatic ring is 1. The third-order valence-corrected chi connectivity index (χ3v) is 3.97. The minimum atomic E-state index is -0.205. The topological polar surface area (TPSA) is 26.0 Å². The average molecular weight is 245 g/mol. The quantitative estimate of drug-likeness (QED) is 0.471. The molecule has 0 radical (unpaired) electrons. The zero-order valence-corrected chi connectivity index (χ0v) is 10.5. The lowest BCUT2D eigenvalue weighted by molar-refractivity contribution is 0.602. The lowest BCUT2D eigenvalue weighted by Gasteiger charge is -2.03. The number of hydrogen-bond acceptors (Lipinski definition) is 3. The largest absolute Gasteiger partial charge is 0.399 e. The molecular weight excluding hydrogens is 229 g/mol. The Bertz CT molecular complexity index is 305. The van der Waals surface area contributed by atoms with Crippen LogP contribution in [0.4, 0.5) is 10.1 Å². The molecule has 0 aliphatic carbocycles. The van der Waals surface area contributed by atoms with Gasteiger partial charge < -0.3 is 5.73 Å². The van der Waals surface area contributed by atoms with Crippen LogP contribution in [0.3, 0.4) is 0 Å². The Morgan fingerprint density at radius 2 is 2.13 bits per heavy atom. The Labute approximate surface area is 99.0 Å². The molecule has 0 amide bonds. The zero-order valence-electron chi connectivity index (χ0n) is 8.83. The lowest BCUT2D eigenvalue weighted by atomic mass is 10.3. The molecule has 1 aromatic carbocycles. The van der Waals surface area contributed by atoms with Crippen molar-refractivity contribution >= 4 is 29.2 Å². The fourth-order valence-corrected chi connectivity index (χ4v) is 2.81. The third kappa shape index (κ3) is 4.80. The fourth-order valence-electron chi connectivity index (χ4n) is 1.12. The minimum absolute atomic E-state index is 0.205. The standard InChI is InChI=1S/C11H16FNS2/c1-2-14-6-3-7-15-11-5-4-9(13)8-10(11)12/h4-5,8H,2-3,6-7,13H2,1H3. The van der Waals surface area contributed by atoms with Crippen molar-refractivity contribution < 1.29 is 4.39 Å². The number of halogens is 1. The van der Waals surface area contributed by atoms with E-state index in [-0.39, 0.29) is 5.82 Å². The summed E-state index contributed by atoms with van der Waals surface area (Å²) in [6.45, 7) is 2.15. The maximum absolute atomic E-state index is 13.3. The van der Waals surface area contributed by atoms with Gasteiger partial charge in [-0.2, -0.15) is 11.8 Å². The van der Waals surface area contributed by atoms with Crippen molar-refractivity contribution in [2.45, 2.75) is 18.2 Å². The van der Waals surface area contributed by atoms with Crippen LogP contribution >= 0.6 is 23.5 Å². The van der Waals surface area contributed by atoms with Crippen molar-refractivity contribution in [2.75, 3.05) is 23.0 Å². The van der Waals surface area contributed by atoms with Gasteiger partial charge in [0.15, 0.2) is 0 Å². The Morgan fingerprint density at radius 3 is 2.80 bits per heavy atom. The first kappa shape index (κ1) is 12.7. The molecule has 84 valence electrons. The van der Waals surface area contributed by atoms with Gasteiger partial charge in [-0.3, -0.25) is 0 Å². The van der Waals surface area contributed by atoms with E-state index in [4.69, 9.17) is 5.73 Å². The number of nitrogens with two attached hydrogens (primary N) is 1. The number of anilines is 1. The average Bonchev–Trinajstić information content (AvgIpc) is 2.20. The summed E-state index contributed by atoms with van der Waals surface area (Å²) in [5.41, 5.74) is 5.95. The number of rotatable bonds is 6. The predicted molar refractivity (Wildman–Crippen MR) is 69.2 cm³/mol. The summed E-state index contributed by atoms with van der Waals surface area (Å²) in [5.74, 6) is 3.07. The zero-order chi connectivity index (χ0) is 11.1. The van der Waals surface area contributed by atoms with Crippen LogP contribution in [0.1, 0.15) is 13.3 Å². The van der Waals surface area contributed by atoms with Gasteiger partial charge >= 0.3 is 0 Å². The summed E-state index contributed by atoms with van der Waals surface area (Å²) in [5, 5.41) is 0. The van der Waals surface area contributed by atoms with Crippen LogP contribution in [0.2, 0.25) is 0 Å². The van der Waals surface area contributed by atoms with Gasteiger partial charge in [0.1, 0.15) is 5.82 Å². The number of thioether (sulfide) groups is 2. The van der Waals surface area contributed by atoms with E-state index >= 15 is 0 Å². The van der Waals surface area contributed by atoms with E-state index in [9.17, 15) is 4.39 Å². The molecule has 0 aromatic heterocycles. The second kappa shape index (κ2) is 7.01. The summed E-state index contributed by atoms with van der Waals surface area (Å²) in [6, 6.07) is 4.87. The van der Waals surface area contributed by atoms with E-state index in [1.165, 1.54) is 6.07 Å². The maximum atomic E-state index is 13.3. The van der Waals surface area contributed by atoms with Crippen LogP contribution in [-0.2, 0) is 0 Å². The van der Waals surface area contributed by atoms with Crippen molar-refractivity contribution in [1.82, 2.24) is 0 Å². The van der Waals surface area contributed by atoms with Gasteiger partial charge in [-0.05, 0) is 41.9 Å². The molecule has 0 heterocycles. The molecule has 0 aliphatic heterocycles. The van der Waals surface area contributed by atoms with Crippen molar-refractivity contribution in [3.05, 3.63) is 24.0 Å². The van der Waals surface area contributed by atoms with Crippen LogP contribution in [0.15, 0.2) is 23.1 Å². The molecule has 0 aliphatic rings. The van der Waals surface area contributed by atoms with Gasteiger partial charge in [0.2, 0.25) is 0 Å². The molecule has 0 bridgehead atoms. The molecule has 1 nitrogen and oxygen atoms in total. The highest BCUT2D eigenvalue weighted by Crippen LogP contribution is 2.24. The Kier molecular flexibility index (Phi) is 5.95. The molecule has 2 N–H and O–H groups in total. The van der Waals surface area contributed by atoms with E-state index in [0.717, 1.165) is 23.7 Å². The van der Waals surface area contributed by atoms with Crippen molar-refractivity contribution in [2.24, 2.45) is 0 Å². The first-order valence-electron chi connectivity index (χ1n) is 4.99. The van der Waals surface area contributed by atoms with Gasteiger partial charge in [-0.25, -0.2) is 4.39 Å². The van der Waals surface area contributed by atoms with Crippen LogP contribution in [0, 0.1) is 5.82 Å². The fraction of sp³-hybridized carbons (Fsp3) is 0.455. The van der Waals surface area contributed by atoms with Gasteiger partial charge in [-0.1, -0.05) is 6.92 Å². The number of benzene rings is 1. The summed E-state index contributed by atoms with van der Waals surface area (Å²) in [6.07, 6.45) is 1.12. The predicted octanol–water partition coefficient (Wildman–Crippen LogP) is 3.64. The first-order valence-corrected chi connectivity index (χ1v) is 7.13. The summed E-state index contributed by atoms with van der Waals surface area (Å²) >= 11 is 3.49. The molecule has 0 saturated carbocycles. The number of hydrogen-bond donors (Lipinski definition) is 1. The molecule has 1 rings (SSSR count). The molecule has 15 heavy (non-hydrogen) atoms. The first-order chi connectivity index (χ1) is 7.24. The van der Waals surface area contributed by atoms with Crippen LogP contribution in [-0.4, -0.2) is 17.3 Å². The van der Waals surface area contributed by atoms with E-state index in [1.807, 2.05) is 11.8 Å². The van der Waals surface area contributed by atoms with Crippen molar-refractivity contribution in [1.29, 1.82) is 0 Å². The molecular formula is C11H16FNS2. The molecule has 1 aromatic rings. The second-order valence-electron chi connectivity index (χ2n) is 3.09. The summed E-state index contributed by atoms with van der Waals surface area (Å²) in [4.78, 5) is 0.700. The van der Waals surface area contributed by atoms with E-state index in [0.29, 0.717) is 10.6 Å². The van der Waals surface area contributed by atoms with E-state index in [1.54, 1.807) is 23.9 Å². The second-order valence-corrected chi connectivity index (χ2v) is 5.62. The summed E-state index contributed by atoms with van der Waals surface area (Å²) < 4.78 is 13.3. The van der Waals surface area contributed by atoms with Gasteiger partial charge in [0.05, 0.1) is 0 Å². The highest BCUT2D eigenvalue weighted by atomic mass is 32.2. The highest BCUT2D eigenvalue weighted by Gasteiger charge is 2.02. The molecule has 0 fully saturated rings. The SMILES string of the molecule is CCSCCCSc1ccc(N)cc1F. The Balaban J connectivity index is 2.31. The smallest absolute Gasteiger partial charge is 0.138 e. The molecule has 4 heteroatoms. The Hall–Kier alpha value is -0.350. The van der Waals surface area contributed by atoms with E-state index < -0.39 is 0 Å². The minimum Gasteiger partial charge on any atom is -0.399 e. The molecule has 0 spiro atoms. The lowest BCUT2D eigenvalue weighted by Crippen LogP contribution is -1.90. The molecule has 0 unspecified atom stereocenters. The molecule has 0 saturated heterocycles. The maximum Gasteiger partial charge on any atom is 0.138 e. The van der Waals surface area contributed by atoms with Crippen molar-refractivity contribution in [3.63, 3.8) is 0 Å². The van der Waals surface area contributed by atoms with Gasteiger partial charge in [0, 0.05) is 10.6 Å². The third-order valence-electron chi connectivity index (χ3n) is 1.85. The molecule has 0 atom stereocenters. The summed E-state index contributed by atoms with van der Waals surface area (Å²) in [7, 11) is 0.